The molecule has 2 aromatic heterocycles. The first kappa shape index (κ1) is 18.1. The summed E-state index contributed by atoms with van der Waals surface area (Å²) in [5.74, 6) is 0.638. The van der Waals surface area contributed by atoms with E-state index in [1.807, 2.05) is 85.4 Å². The van der Waals surface area contributed by atoms with E-state index in [0.29, 0.717) is 4.88 Å². The topological polar surface area (TPSA) is 59.8 Å². The van der Waals surface area contributed by atoms with Crippen LogP contribution in [-0.2, 0) is 7.05 Å². The van der Waals surface area contributed by atoms with Gasteiger partial charge in [-0.3, -0.25) is 4.79 Å². The molecule has 0 saturated carbocycles. The number of carbonyl (C=O) groups excluding carboxylic acids is 1. The normalized spacial score (nSPS) is 11.9. The number of carbonyl (C=O) groups is 1. The molecule has 4 rings (SSSR count). The van der Waals surface area contributed by atoms with Crippen molar-refractivity contribution in [2.45, 2.75) is 13.0 Å². The average molecular weight is 388 g/mol. The fourth-order valence-corrected chi connectivity index (χ4v) is 4.08. The summed E-state index contributed by atoms with van der Waals surface area (Å²) in [5.41, 5.74) is 2.72. The molecule has 1 N–H and O–H groups in total. The van der Waals surface area contributed by atoms with Crippen LogP contribution in [0.25, 0.3) is 10.6 Å². The van der Waals surface area contributed by atoms with Gasteiger partial charge in [-0.05, 0) is 12.5 Å². The van der Waals surface area contributed by atoms with Crippen LogP contribution in [0.2, 0.25) is 0 Å². The number of nitrogens with zero attached hydrogens (tertiary/aromatic N) is 3. The number of hydrogen-bond donors (Lipinski definition) is 1. The number of imidazole rings is 1. The molecule has 2 aromatic carbocycles. The molecule has 1 amide bonds. The number of aromatic nitrogens is 3. The van der Waals surface area contributed by atoms with E-state index in [1.165, 1.54) is 11.3 Å². The van der Waals surface area contributed by atoms with Gasteiger partial charge in [0.2, 0.25) is 0 Å². The molecular weight excluding hydrogens is 368 g/mol. The zero-order chi connectivity index (χ0) is 19.5. The maximum absolute atomic E-state index is 13.1. The van der Waals surface area contributed by atoms with E-state index in [2.05, 4.69) is 15.3 Å². The maximum Gasteiger partial charge on any atom is 0.264 e. The van der Waals surface area contributed by atoms with Gasteiger partial charge < -0.3 is 9.88 Å². The van der Waals surface area contributed by atoms with Crippen LogP contribution in [0.5, 0.6) is 0 Å². The summed E-state index contributed by atoms with van der Waals surface area (Å²) in [6.07, 6.45) is 3.62. The zero-order valence-corrected chi connectivity index (χ0v) is 16.5. The second kappa shape index (κ2) is 7.78. The van der Waals surface area contributed by atoms with E-state index in [-0.39, 0.29) is 11.9 Å². The number of hydrogen-bond acceptors (Lipinski definition) is 4. The third-order valence-electron chi connectivity index (χ3n) is 4.55. The Morgan fingerprint density at radius 3 is 2.39 bits per heavy atom. The number of thiazole rings is 1. The Morgan fingerprint density at radius 2 is 1.75 bits per heavy atom. The SMILES string of the molecule is Cc1nc(-c2ccccc2)sc1C(=O)NC(c1ccccc1)c1nccn1C. The summed E-state index contributed by atoms with van der Waals surface area (Å²) < 4.78 is 1.92. The molecule has 1 atom stereocenters. The first-order valence-corrected chi connectivity index (χ1v) is 9.81. The smallest absolute Gasteiger partial charge is 0.264 e. The molecule has 140 valence electrons. The highest BCUT2D eigenvalue weighted by molar-refractivity contribution is 7.17. The van der Waals surface area contributed by atoms with E-state index >= 15 is 0 Å². The third-order valence-corrected chi connectivity index (χ3v) is 5.75. The van der Waals surface area contributed by atoms with E-state index in [9.17, 15) is 4.79 Å². The fraction of sp³-hybridized carbons (Fsp3) is 0.136. The van der Waals surface area contributed by atoms with Crippen LogP contribution in [0.4, 0.5) is 0 Å². The van der Waals surface area contributed by atoms with Crippen molar-refractivity contribution in [3.05, 3.63) is 95.0 Å². The minimum Gasteiger partial charge on any atom is -0.337 e. The molecular formula is C22H20N4OS. The molecule has 4 aromatic rings. The van der Waals surface area contributed by atoms with E-state index in [1.54, 1.807) is 6.20 Å². The van der Waals surface area contributed by atoms with Gasteiger partial charge in [-0.15, -0.1) is 11.3 Å². The first-order chi connectivity index (χ1) is 13.6. The quantitative estimate of drug-likeness (QED) is 0.552. The highest BCUT2D eigenvalue weighted by atomic mass is 32.1. The van der Waals surface area contributed by atoms with Crippen LogP contribution in [0.3, 0.4) is 0 Å². The summed E-state index contributed by atoms with van der Waals surface area (Å²) in [5, 5.41) is 3.99. The molecule has 6 heteroatoms. The van der Waals surface area contributed by atoms with E-state index < -0.39 is 0 Å². The number of benzene rings is 2. The lowest BCUT2D eigenvalue weighted by Gasteiger charge is -2.19. The number of aryl methyl sites for hydroxylation is 2. The van der Waals surface area contributed by atoms with Gasteiger partial charge in [-0.2, -0.15) is 0 Å². The summed E-state index contributed by atoms with van der Waals surface area (Å²) in [6, 6.07) is 19.4. The second-order valence-corrected chi connectivity index (χ2v) is 7.51. The van der Waals surface area contributed by atoms with Gasteiger partial charge in [0.15, 0.2) is 0 Å². The first-order valence-electron chi connectivity index (χ1n) is 8.99. The molecule has 2 heterocycles. The minimum absolute atomic E-state index is 0.144. The van der Waals surface area contributed by atoms with Gasteiger partial charge in [0.05, 0.1) is 5.69 Å². The Kier molecular flexibility index (Phi) is 5.04. The van der Waals surface area contributed by atoms with Crippen molar-refractivity contribution in [1.29, 1.82) is 0 Å². The zero-order valence-electron chi connectivity index (χ0n) is 15.7. The summed E-state index contributed by atoms with van der Waals surface area (Å²) >= 11 is 1.41. The Hall–Kier alpha value is -3.25. The predicted molar refractivity (Wildman–Crippen MR) is 111 cm³/mol. The third kappa shape index (κ3) is 3.59. The number of nitrogens with one attached hydrogen (secondary N) is 1. The Balaban J connectivity index is 1.66. The minimum atomic E-state index is -0.338. The van der Waals surface area contributed by atoms with Crippen LogP contribution in [0, 0.1) is 6.92 Å². The van der Waals surface area contributed by atoms with Crippen LogP contribution >= 0.6 is 11.3 Å². The van der Waals surface area contributed by atoms with Crippen molar-refractivity contribution >= 4 is 17.2 Å². The Bertz CT molecular complexity index is 1090. The van der Waals surface area contributed by atoms with Crippen molar-refractivity contribution < 1.29 is 4.79 Å². The lowest BCUT2D eigenvalue weighted by atomic mass is 10.1. The lowest BCUT2D eigenvalue weighted by Crippen LogP contribution is -2.31. The van der Waals surface area contributed by atoms with Gasteiger partial charge in [0.1, 0.15) is 21.8 Å². The van der Waals surface area contributed by atoms with Gasteiger partial charge in [-0.25, -0.2) is 9.97 Å². The van der Waals surface area contributed by atoms with Crippen LogP contribution in [-0.4, -0.2) is 20.4 Å². The molecule has 0 radical (unpaired) electrons. The van der Waals surface area contributed by atoms with Crippen molar-refractivity contribution in [1.82, 2.24) is 19.9 Å². The summed E-state index contributed by atoms with van der Waals surface area (Å²) in [7, 11) is 1.93. The average Bonchev–Trinajstić information content (AvgIpc) is 3.33. The van der Waals surface area contributed by atoms with Crippen molar-refractivity contribution in [3.63, 3.8) is 0 Å². The molecule has 5 nitrogen and oxygen atoms in total. The van der Waals surface area contributed by atoms with Crippen LogP contribution < -0.4 is 5.32 Å². The van der Waals surface area contributed by atoms with E-state index in [4.69, 9.17) is 0 Å². The molecule has 0 aliphatic heterocycles. The molecule has 0 spiro atoms. The van der Waals surface area contributed by atoms with Gasteiger partial charge in [0, 0.05) is 25.0 Å². The number of rotatable bonds is 5. The Labute approximate surface area is 167 Å². The largest absolute Gasteiger partial charge is 0.337 e. The monoisotopic (exact) mass is 388 g/mol. The standard InChI is InChI=1S/C22H20N4OS/c1-15-19(28-22(24-15)17-11-7-4-8-12-17)21(27)25-18(16-9-5-3-6-10-16)20-23-13-14-26(20)2/h3-14,18H,1-2H3,(H,25,27). The molecule has 0 aliphatic rings. The molecule has 0 bridgehead atoms. The highest BCUT2D eigenvalue weighted by Crippen LogP contribution is 2.29. The fourth-order valence-electron chi connectivity index (χ4n) is 3.11. The summed E-state index contributed by atoms with van der Waals surface area (Å²) in [6.45, 7) is 1.87. The van der Waals surface area contributed by atoms with Crippen molar-refractivity contribution in [3.8, 4) is 10.6 Å². The lowest BCUT2D eigenvalue weighted by molar-refractivity contribution is 0.0944. The van der Waals surface area contributed by atoms with Crippen molar-refractivity contribution in [2.24, 2.45) is 7.05 Å². The molecule has 0 fully saturated rings. The highest BCUT2D eigenvalue weighted by Gasteiger charge is 2.24. The van der Waals surface area contributed by atoms with Gasteiger partial charge in [0.25, 0.3) is 5.91 Å². The molecule has 0 saturated heterocycles. The van der Waals surface area contributed by atoms with Crippen LogP contribution in [0.15, 0.2) is 73.1 Å². The maximum atomic E-state index is 13.1. The van der Waals surface area contributed by atoms with E-state index in [0.717, 1.165) is 27.7 Å². The molecule has 0 aliphatic carbocycles. The van der Waals surface area contributed by atoms with Gasteiger partial charge in [-0.1, -0.05) is 60.7 Å². The molecule has 28 heavy (non-hydrogen) atoms. The Morgan fingerprint density at radius 1 is 1.07 bits per heavy atom. The molecule has 1 unspecified atom stereocenters. The second-order valence-electron chi connectivity index (χ2n) is 6.51. The number of amides is 1. The van der Waals surface area contributed by atoms with Crippen molar-refractivity contribution in [2.75, 3.05) is 0 Å². The summed E-state index contributed by atoms with van der Waals surface area (Å²) in [4.78, 5) is 22.8. The predicted octanol–water partition coefficient (Wildman–Crippen LogP) is 4.37. The van der Waals surface area contributed by atoms with Crippen LogP contribution in [0.1, 0.15) is 32.8 Å². The van der Waals surface area contributed by atoms with Gasteiger partial charge >= 0.3 is 0 Å².